The average Bonchev–Trinajstić information content (AvgIpc) is 2.53. The number of nitriles is 1. The largest absolute Gasteiger partial charge is 0.465 e. The van der Waals surface area contributed by atoms with Crippen LogP contribution in [0.3, 0.4) is 0 Å². The Morgan fingerprint density at radius 3 is 2.71 bits per heavy atom. The Morgan fingerprint density at radius 1 is 1.38 bits per heavy atom. The van der Waals surface area contributed by atoms with Gasteiger partial charge in [-0.1, -0.05) is 6.07 Å². The maximum Gasteiger partial charge on any atom is 0.407 e. The third-order valence-electron chi connectivity index (χ3n) is 3.69. The van der Waals surface area contributed by atoms with Crippen molar-refractivity contribution in [1.82, 2.24) is 10.2 Å². The molecule has 0 aromatic heterocycles. The van der Waals surface area contributed by atoms with Gasteiger partial charge in [0.25, 0.3) is 5.91 Å². The third kappa shape index (κ3) is 3.96. The van der Waals surface area contributed by atoms with Crippen LogP contribution in [0, 0.1) is 17.2 Å². The van der Waals surface area contributed by atoms with Crippen LogP contribution in [0.15, 0.2) is 24.3 Å². The van der Waals surface area contributed by atoms with E-state index >= 15 is 0 Å². The molecule has 1 aliphatic rings. The van der Waals surface area contributed by atoms with E-state index in [0.29, 0.717) is 36.7 Å². The van der Waals surface area contributed by atoms with Crippen LogP contribution >= 0.6 is 0 Å². The lowest BCUT2D eigenvalue weighted by Crippen LogP contribution is -2.40. The number of carbonyl (C=O) groups is 2. The monoisotopic (exact) mass is 287 g/mol. The average molecular weight is 287 g/mol. The number of rotatable bonds is 3. The Morgan fingerprint density at radius 2 is 2.10 bits per heavy atom. The Labute approximate surface area is 123 Å². The van der Waals surface area contributed by atoms with Gasteiger partial charge >= 0.3 is 6.09 Å². The number of piperidine rings is 1. The van der Waals surface area contributed by atoms with Crippen molar-refractivity contribution >= 4 is 12.0 Å². The molecule has 0 radical (unpaired) electrons. The Hall–Kier alpha value is -2.55. The second-order valence-corrected chi connectivity index (χ2v) is 5.12. The summed E-state index contributed by atoms with van der Waals surface area (Å²) in [7, 11) is 0. The highest BCUT2D eigenvalue weighted by Gasteiger charge is 2.22. The first-order valence-corrected chi connectivity index (χ1v) is 6.86. The van der Waals surface area contributed by atoms with E-state index < -0.39 is 6.09 Å². The van der Waals surface area contributed by atoms with Crippen molar-refractivity contribution in [2.24, 2.45) is 5.92 Å². The van der Waals surface area contributed by atoms with Gasteiger partial charge in [-0.15, -0.1) is 0 Å². The zero-order valence-corrected chi connectivity index (χ0v) is 11.6. The van der Waals surface area contributed by atoms with Crippen LogP contribution in [0.5, 0.6) is 0 Å². The molecule has 2 amide bonds. The van der Waals surface area contributed by atoms with Crippen molar-refractivity contribution in [2.45, 2.75) is 12.8 Å². The molecule has 0 atom stereocenters. The highest BCUT2D eigenvalue weighted by Crippen LogP contribution is 2.16. The number of hydrogen-bond acceptors (Lipinski definition) is 3. The number of carboxylic acid groups (broad SMARTS) is 1. The van der Waals surface area contributed by atoms with Gasteiger partial charge in [0, 0.05) is 25.2 Å². The van der Waals surface area contributed by atoms with Crippen LogP contribution in [-0.2, 0) is 0 Å². The summed E-state index contributed by atoms with van der Waals surface area (Å²) in [6.07, 6.45) is 0.626. The van der Waals surface area contributed by atoms with Gasteiger partial charge < -0.3 is 15.3 Å². The van der Waals surface area contributed by atoms with E-state index in [1.807, 2.05) is 6.07 Å². The molecule has 6 heteroatoms. The van der Waals surface area contributed by atoms with E-state index in [2.05, 4.69) is 5.32 Å². The van der Waals surface area contributed by atoms with Crippen LogP contribution in [-0.4, -0.2) is 41.6 Å². The quantitative estimate of drug-likeness (QED) is 0.884. The van der Waals surface area contributed by atoms with Crippen molar-refractivity contribution in [1.29, 1.82) is 5.26 Å². The van der Waals surface area contributed by atoms with E-state index in [0.717, 1.165) is 12.8 Å². The number of nitrogens with zero attached hydrogens (tertiary/aromatic N) is 2. The molecule has 1 fully saturated rings. The second-order valence-electron chi connectivity index (χ2n) is 5.12. The van der Waals surface area contributed by atoms with E-state index in [9.17, 15) is 9.59 Å². The maximum absolute atomic E-state index is 12.0. The van der Waals surface area contributed by atoms with Crippen molar-refractivity contribution in [3.05, 3.63) is 35.4 Å². The fourth-order valence-corrected chi connectivity index (χ4v) is 2.40. The molecule has 0 unspecified atom stereocenters. The Balaban J connectivity index is 1.82. The number of carbonyl (C=O) groups excluding carboxylic acids is 1. The summed E-state index contributed by atoms with van der Waals surface area (Å²) < 4.78 is 0. The minimum atomic E-state index is -0.884. The lowest BCUT2D eigenvalue weighted by atomic mass is 9.97. The molecular formula is C15H17N3O3. The Bertz CT molecular complexity index is 572. The molecule has 2 rings (SSSR count). The molecule has 6 nitrogen and oxygen atoms in total. The van der Waals surface area contributed by atoms with Crippen molar-refractivity contribution in [3.8, 4) is 6.07 Å². The zero-order valence-electron chi connectivity index (χ0n) is 11.6. The first kappa shape index (κ1) is 14.9. The number of nitrogens with one attached hydrogen (secondary N) is 1. The summed E-state index contributed by atoms with van der Waals surface area (Å²) in [4.78, 5) is 24.2. The number of likely N-dealkylation sites (tertiary alicyclic amines) is 1. The summed E-state index contributed by atoms with van der Waals surface area (Å²) in [5.41, 5.74) is 0.925. The predicted octanol–water partition coefficient (Wildman–Crippen LogP) is 1.68. The summed E-state index contributed by atoms with van der Waals surface area (Å²) >= 11 is 0. The minimum absolute atomic E-state index is 0.201. The highest BCUT2D eigenvalue weighted by molar-refractivity contribution is 5.94. The highest BCUT2D eigenvalue weighted by atomic mass is 16.4. The fourth-order valence-electron chi connectivity index (χ4n) is 2.40. The SMILES string of the molecule is N#Cc1cccc(C(=O)NCC2CCN(C(=O)O)CC2)c1. The molecule has 1 saturated heterocycles. The number of hydrogen-bond donors (Lipinski definition) is 2. The molecule has 2 N–H and O–H groups in total. The van der Waals surface area contributed by atoms with Crippen molar-refractivity contribution < 1.29 is 14.7 Å². The van der Waals surface area contributed by atoms with Crippen LogP contribution in [0.2, 0.25) is 0 Å². The molecule has 0 saturated carbocycles. The van der Waals surface area contributed by atoms with Crippen molar-refractivity contribution in [2.75, 3.05) is 19.6 Å². The smallest absolute Gasteiger partial charge is 0.407 e. The van der Waals surface area contributed by atoms with E-state index in [4.69, 9.17) is 10.4 Å². The van der Waals surface area contributed by atoms with Gasteiger partial charge in [-0.25, -0.2) is 4.79 Å². The molecule has 110 valence electrons. The summed E-state index contributed by atoms with van der Waals surface area (Å²) in [6, 6.07) is 8.56. The van der Waals surface area contributed by atoms with Crippen LogP contribution in [0.25, 0.3) is 0 Å². The molecule has 1 aromatic rings. The molecule has 1 aromatic carbocycles. The predicted molar refractivity (Wildman–Crippen MR) is 75.8 cm³/mol. The lowest BCUT2D eigenvalue weighted by molar-refractivity contribution is 0.0928. The van der Waals surface area contributed by atoms with Gasteiger partial charge in [0.15, 0.2) is 0 Å². The standard InChI is InChI=1S/C15H17N3O3/c16-9-12-2-1-3-13(8-12)14(19)17-10-11-4-6-18(7-5-11)15(20)21/h1-3,8,11H,4-7,10H2,(H,17,19)(H,20,21). The minimum Gasteiger partial charge on any atom is -0.465 e. The number of benzene rings is 1. The van der Waals surface area contributed by atoms with Crippen LogP contribution in [0.4, 0.5) is 4.79 Å². The normalized spacial score (nSPS) is 15.3. The van der Waals surface area contributed by atoms with Crippen LogP contribution < -0.4 is 5.32 Å². The van der Waals surface area contributed by atoms with Gasteiger partial charge in [-0.05, 0) is 37.0 Å². The molecule has 21 heavy (non-hydrogen) atoms. The van der Waals surface area contributed by atoms with Gasteiger partial charge in [0.2, 0.25) is 0 Å². The molecule has 0 bridgehead atoms. The van der Waals surface area contributed by atoms with Crippen LogP contribution in [0.1, 0.15) is 28.8 Å². The third-order valence-corrected chi connectivity index (χ3v) is 3.69. The molecule has 1 aliphatic heterocycles. The molecule has 1 heterocycles. The van der Waals surface area contributed by atoms with Crippen molar-refractivity contribution in [3.63, 3.8) is 0 Å². The van der Waals surface area contributed by atoms with E-state index in [1.165, 1.54) is 4.90 Å². The summed E-state index contributed by atoms with van der Waals surface area (Å²) in [5.74, 6) is 0.0939. The topological polar surface area (TPSA) is 93.4 Å². The molecule has 0 aliphatic carbocycles. The molecular weight excluding hydrogens is 270 g/mol. The lowest BCUT2D eigenvalue weighted by Gasteiger charge is -2.29. The number of amides is 2. The van der Waals surface area contributed by atoms with Gasteiger partial charge in [0.1, 0.15) is 0 Å². The first-order valence-electron chi connectivity index (χ1n) is 6.86. The van der Waals surface area contributed by atoms with Gasteiger partial charge in [-0.3, -0.25) is 4.79 Å². The van der Waals surface area contributed by atoms with E-state index in [1.54, 1.807) is 24.3 Å². The summed E-state index contributed by atoms with van der Waals surface area (Å²) in [6.45, 7) is 1.56. The maximum atomic E-state index is 12.0. The molecule has 0 spiro atoms. The first-order chi connectivity index (χ1) is 10.1. The van der Waals surface area contributed by atoms with Gasteiger partial charge in [-0.2, -0.15) is 5.26 Å². The second kappa shape index (κ2) is 6.75. The fraction of sp³-hybridized carbons (Fsp3) is 0.400. The van der Waals surface area contributed by atoms with E-state index in [-0.39, 0.29) is 5.91 Å². The Kier molecular flexibility index (Phi) is 4.77. The van der Waals surface area contributed by atoms with Gasteiger partial charge in [0.05, 0.1) is 11.6 Å². The zero-order chi connectivity index (χ0) is 15.2. The summed E-state index contributed by atoms with van der Waals surface area (Å²) in [5, 5.41) is 20.5.